The predicted octanol–water partition coefficient (Wildman–Crippen LogP) is -10.4. The van der Waals surface area contributed by atoms with Gasteiger partial charge in [0.25, 0.3) is 0 Å². The summed E-state index contributed by atoms with van der Waals surface area (Å²) in [5.41, 5.74) is 0. The van der Waals surface area contributed by atoms with Gasteiger partial charge in [-0.3, -0.25) is 9.80 Å². The molecule has 0 spiro atoms. The van der Waals surface area contributed by atoms with Gasteiger partial charge in [0.2, 0.25) is 0 Å². The van der Waals surface area contributed by atoms with Crippen LogP contribution < -0.4 is 50.0 Å². The quantitative estimate of drug-likeness (QED) is 0.282. The summed E-state index contributed by atoms with van der Waals surface area (Å²) in [5.74, 6) is -6.12. The molecule has 0 aliphatic rings. The van der Waals surface area contributed by atoms with Crippen LogP contribution in [0.3, 0.4) is 0 Å². The molecule has 0 fully saturated rings. The number of nitrogens with zero attached hydrogens (tertiary/aromatic N) is 2. The number of rotatable bonds is 11. The van der Waals surface area contributed by atoms with Crippen molar-refractivity contribution in [3.8, 4) is 0 Å². The second-order valence-electron chi connectivity index (χ2n) is 3.91. The number of hydrogen-bond donors (Lipinski definition) is 0. The number of carboxylic acids is 4. The van der Waals surface area contributed by atoms with Crippen molar-refractivity contribution >= 4 is 23.9 Å². The van der Waals surface area contributed by atoms with Crippen molar-refractivity contribution in [1.82, 2.24) is 9.80 Å². The largest absolute Gasteiger partial charge is 2.00 e. The van der Waals surface area contributed by atoms with Crippen LogP contribution in [-0.4, -0.2) is 72.9 Å². The average Bonchev–Trinajstić information content (AvgIpc) is 2.22. The van der Waals surface area contributed by atoms with E-state index in [9.17, 15) is 39.6 Å². The topological polar surface area (TPSA) is 167 Å². The van der Waals surface area contributed by atoms with Crippen LogP contribution in [0.15, 0.2) is 0 Å². The second kappa shape index (κ2) is 16.8. The maximum Gasteiger partial charge on any atom is 2.00 e. The predicted molar refractivity (Wildman–Crippen MR) is 52.9 cm³/mol. The summed E-state index contributed by atoms with van der Waals surface area (Å²) >= 11 is 0. The monoisotopic (exact) mass is 438 g/mol. The van der Waals surface area contributed by atoms with Crippen LogP contribution in [0.25, 0.3) is 0 Å². The smallest absolute Gasteiger partial charge is 0.549 e. The standard InChI is InChI=1S/C10H16N2O8.Cu.Na.Zn/c13-7(14)3-11(4-8(15)16)1-2-12(5-9(17)18)6-10(19)20;;;/h1-6H2,(H,13,14)(H,15,16)(H,17,18)(H,19,20);;;/q;+2;+1;+2/p-4. The minimum Gasteiger partial charge on any atom is -0.549 e. The van der Waals surface area contributed by atoms with Crippen LogP contribution in [0.2, 0.25) is 0 Å². The molecular formula is C10H12CuN2NaO8Zn+. The first-order valence-corrected chi connectivity index (χ1v) is 5.44. The van der Waals surface area contributed by atoms with Gasteiger partial charge in [0.1, 0.15) is 0 Å². The summed E-state index contributed by atoms with van der Waals surface area (Å²) in [4.78, 5) is 43.4. The Hall–Kier alpha value is -0.0571. The zero-order chi connectivity index (χ0) is 15.7. The van der Waals surface area contributed by atoms with Gasteiger partial charge in [0.15, 0.2) is 0 Å². The van der Waals surface area contributed by atoms with E-state index in [1.54, 1.807) is 0 Å². The molecule has 0 N–H and O–H groups in total. The van der Waals surface area contributed by atoms with E-state index in [1.165, 1.54) is 0 Å². The van der Waals surface area contributed by atoms with Crippen molar-refractivity contribution in [2.45, 2.75) is 0 Å². The summed E-state index contributed by atoms with van der Waals surface area (Å²) in [6, 6.07) is 0. The maximum atomic E-state index is 10.4. The van der Waals surface area contributed by atoms with E-state index in [0.717, 1.165) is 9.80 Å². The summed E-state index contributed by atoms with van der Waals surface area (Å²) in [5, 5.41) is 41.6. The molecule has 0 rings (SSSR count). The van der Waals surface area contributed by atoms with Crippen molar-refractivity contribution in [2.75, 3.05) is 39.3 Å². The van der Waals surface area contributed by atoms with Gasteiger partial charge in [-0.15, -0.1) is 0 Å². The molecule has 0 aliphatic carbocycles. The molecule has 123 valence electrons. The molecule has 0 aliphatic heterocycles. The van der Waals surface area contributed by atoms with Gasteiger partial charge >= 0.3 is 66.1 Å². The third kappa shape index (κ3) is 19.9. The van der Waals surface area contributed by atoms with Crippen molar-refractivity contribution in [3.63, 3.8) is 0 Å². The first-order chi connectivity index (χ1) is 9.20. The third-order valence-corrected chi connectivity index (χ3v) is 2.14. The molecule has 23 heavy (non-hydrogen) atoms. The average molecular weight is 440 g/mol. The van der Waals surface area contributed by atoms with E-state index in [0.29, 0.717) is 0 Å². The number of hydrogen-bond acceptors (Lipinski definition) is 10. The molecule has 0 aromatic heterocycles. The summed E-state index contributed by atoms with van der Waals surface area (Å²) in [6.45, 7) is -3.25. The molecule has 0 bridgehead atoms. The normalized spacial score (nSPS) is 9.30. The Morgan fingerprint density at radius 2 is 0.783 bits per heavy atom. The van der Waals surface area contributed by atoms with E-state index < -0.39 is 50.1 Å². The van der Waals surface area contributed by atoms with Crippen molar-refractivity contribution in [2.24, 2.45) is 0 Å². The number of carbonyl (C=O) groups is 4. The maximum absolute atomic E-state index is 10.4. The van der Waals surface area contributed by atoms with Crippen molar-refractivity contribution < 1.29 is 106 Å². The van der Waals surface area contributed by atoms with Crippen molar-refractivity contribution in [1.29, 1.82) is 0 Å². The van der Waals surface area contributed by atoms with Crippen LogP contribution in [0, 0.1) is 0 Å². The molecule has 0 atom stereocenters. The first-order valence-electron chi connectivity index (χ1n) is 5.44. The summed E-state index contributed by atoms with van der Waals surface area (Å²) in [6.07, 6.45) is 0. The fourth-order valence-electron chi connectivity index (χ4n) is 1.44. The second-order valence-corrected chi connectivity index (χ2v) is 3.91. The fraction of sp³-hybridized carbons (Fsp3) is 0.600. The van der Waals surface area contributed by atoms with Gasteiger partial charge in [-0.1, -0.05) is 0 Å². The molecular weight excluding hydrogens is 428 g/mol. The molecule has 0 saturated heterocycles. The van der Waals surface area contributed by atoms with Crippen LogP contribution in [0.1, 0.15) is 0 Å². The van der Waals surface area contributed by atoms with Gasteiger partial charge in [-0.05, 0) is 0 Å². The minimum atomic E-state index is -1.53. The van der Waals surface area contributed by atoms with Crippen LogP contribution in [0.4, 0.5) is 0 Å². The zero-order valence-corrected chi connectivity index (χ0v) is 18.3. The van der Waals surface area contributed by atoms with Gasteiger partial charge in [-0.2, -0.15) is 0 Å². The first kappa shape index (κ1) is 30.8. The molecule has 0 aromatic carbocycles. The Balaban J connectivity index is -0.000000602. The van der Waals surface area contributed by atoms with Gasteiger partial charge in [0, 0.05) is 39.3 Å². The molecule has 13 heteroatoms. The van der Waals surface area contributed by atoms with Gasteiger partial charge < -0.3 is 39.6 Å². The Kier molecular flexibility index (Phi) is 22.5. The number of carboxylic acid groups (broad SMARTS) is 4. The molecule has 0 aromatic rings. The van der Waals surface area contributed by atoms with Gasteiger partial charge in [0.05, 0.1) is 23.9 Å². The Labute approximate surface area is 177 Å². The minimum absolute atomic E-state index is 0. The summed E-state index contributed by atoms with van der Waals surface area (Å²) in [7, 11) is 0. The summed E-state index contributed by atoms with van der Waals surface area (Å²) < 4.78 is 0. The molecule has 0 saturated carbocycles. The van der Waals surface area contributed by atoms with E-state index in [4.69, 9.17) is 0 Å². The van der Waals surface area contributed by atoms with Crippen molar-refractivity contribution in [3.05, 3.63) is 0 Å². The fourth-order valence-corrected chi connectivity index (χ4v) is 1.44. The van der Waals surface area contributed by atoms with Crippen LogP contribution in [-0.2, 0) is 55.7 Å². The van der Waals surface area contributed by atoms with Gasteiger partial charge in [-0.25, -0.2) is 0 Å². The molecule has 0 unspecified atom stereocenters. The van der Waals surface area contributed by atoms with E-state index in [2.05, 4.69) is 0 Å². The number of carbonyl (C=O) groups excluding carboxylic acids is 4. The number of aliphatic carboxylic acids is 4. The molecule has 0 amide bonds. The van der Waals surface area contributed by atoms with Crippen LogP contribution in [0.5, 0.6) is 0 Å². The van der Waals surface area contributed by atoms with E-state index >= 15 is 0 Å². The zero-order valence-electron chi connectivity index (χ0n) is 12.4. The van der Waals surface area contributed by atoms with Crippen LogP contribution >= 0.6 is 0 Å². The Morgan fingerprint density at radius 1 is 0.609 bits per heavy atom. The molecule has 10 nitrogen and oxygen atoms in total. The molecule has 0 heterocycles. The van der Waals surface area contributed by atoms with E-state index in [-0.39, 0.29) is 79.2 Å². The van der Waals surface area contributed by atoms with E-state index in [1.807, 2.05) is 0 Å². The third-order valence-electron chi connectivity index (χ3n) is 2.14. The Bertz CT molecular complexity index is 333. The SMILES string of the molecule is O=C([O-])CN(CCN(CC(=O)[O-])CC(=O)[O-])CC(=O)[O-].[Cu+2].[Na+].[Zn+2]. The molecule has 1 radical (unpaired) electrons. The Morgan fingerprint density at radius 3 is 0.913 bits per heavy atom.